The monoisotopic (exact) mass is 313 g/mol. The van der Waals surface area contributed by atoms with Gasteiger partial charge in [0.15, 0.2) is 0 Å². The smallest absolute Gasteiger partial charge is 0.0751 e. The zero-order valence-corrected chi connectivity index (χ0v) is 11.8. The van der Waals surface area contributed by atoms with E-state index in [1.54, 1.807) is 12.4 Å². The second kappa shape index (κ2) is 5.36. The van der Waals surface area contributed by atoms with Gasteiger partial charge in [-0.15, -0.1) is 0 Å². The zero-order valence-electron chi connectivity index (χ0n) is 10.2. The van der Waals surface area contributed by atoms with Crippen LogP contribution in [0.2, 0.25) is 0 Å². The predicted octanol–water partition coefficient (Wildman–Crippen LogP) is 4.00. The van der Waals surface area contributed by atoms with Crippen LogP contribution in [0.15, 0.2) is 59.5 Å². The first-order valence-corrected chi connectivity index (χ1v) is 6.80. The molecule has 0 amide bonds. The Morgan fingerprint density at radius 2 is 1.95 bits per heavy atom. The highest BCUT2D eigenvalue weighted by atomic mass is 79.9. The fourth-order valence-corrected chi connectivity index (χ4v) is 2.41. The van der Waals surface area contributed by atoms with Crippen molar-refractivity contribution in [2.45, 2.75) is 6.54 Å². The highest BCUT2D eigenvalue weighted by Crippen LogP contribution is 2.22. The highest BCUT2D eigenvalue weighted by Gasteiger charge is 2.03. The summed E-state index contributed by atoms with van der Waals surface area (Å²) in [5, 5.41) is 4.56. The number of para-hydroxylation sites is 1. The Morgan fingerprint density at radius 3 is 2.84 bits per heavy atom. The number of aromatic nitrogens is 2. The maximum absolute atomic E-state index is 4.45. The molecule has 0 fully saturated rings. The minimum atomic E-state index is 0.733. The van der Waals surface area contributed by atoms with E-state index in [1.807, 2.05) is 18.3 Å². The van der Waals surface area contributed by atoms with E-state index in [4.69, 9.17) is 0 Å². The molecule has 0 atom stereocenters. The van der Waals surface area contributed by atoms with Gasteiger partial charge in [0, 0.05) is 30.5 Å². The van der Waals surface area contributed by atoms with Crippen LogP contribution in [-0.4, -0.2) is 9.97 Å². The van der Waals surface area contributed by atoms with Gasteiger partial charge in [0.25, 0.3) is 0 Å². The van der Waals surface area contributed by atoms with Crippen LogP contribution in [-0.2, 0) is 6.54 Å². The van der Waals surface area contributed by atoms with Crippen LogP contribution in [0.4, 0.5) is 5.69 Å². The van der Waals surface area contributed by atoms with E-state index >= 15 is 0 Å². The van der Waals surface area contributed by atoms with Gasteiger partial charge in [0.1, 0.15) is 0 Å². The van der Waals surface area contributed by atoms with Gasteiger partial charge in [0.2, 0.25) is 0 Å². The molecule has 94 valence electrons. The Hall–Kier alpha value is -1.94. The summed E-state index contributed by atoms with van der Waals surface area (Å²) in [6.07, 6.45) is 5.38. The number of anilines is 1. The first-order valence-electron chi connectivity index (χ1n) is 6.00. The molecule has 0 aliphatic heterocycles. The number of rotatable bonds is 3. The minimum absolute atomic E-state index is 0.733. The van der Waals surface area contributed by atoms with Crippen LogP contribution in [0.5, 0.6) is 0 Å². The van der Waals surface area contributed by atoms with Gasteiger partial charge in [-0.3, -0.25) is 9.97 Å². The van der Waals surface area contributed by atoms with E-state index in [0.29, 0.717) is 0 Å². The molecule has 0 bridgehead atoms. The molecule has 2 aromatic heterocycles. The van der Waals surface area contributed by atoms with Crippen LogP contribution in [0.3, 0.4) is 0 Å². The largest absolute Gasteiger partial charge is 0.380 e. The fourth-order valence-electron chi connectivity index (χ4n) is 2.02. The van der Waals surface area contributed by atoms with Crippen molar-refractivity contribution in [1.82, 2.24) is 9.97 Å². The lowest BCUT2D eigenvalue weighted by atomic mass is 10.1. The number of hydrogen-bond donors (Lipinski definition) is 1. The second-order valence-corrected chi connectivity index (χ2v) is 5.06. The Balaban J connectivity index is 1.88. The Labute approximate surface area is 119 Å². The average Bonchev–Trinajstić information content (AvgIpc) is 2.46. The van der Waals surface area contributed by atoms with E-state index in [-0.39, 0.29) is 0 Å². The molecule has 0 saturated carbocycles. The maximum atomic E-state index is 4.45. The third-order valence-corrected chi connectivity index (χ3v) is 3.59. The van der Waals surface area contributed by atoms with Gasteiger partial charge in [-0.2, -0.15) is 0 Å². The summed E-state index contributed by atoms with van der Waals surface area (Å²) in [6.45, 7) is 0.733. The quantitative estimate of drug-likeness (QED) is 0.794. The summed E-state index contributed by atoms with van der Waals surface area (Å²) in [4.78, 5) is 8.50. The SMILES string of the molecule is Brc1cnccc1NCc1cccc2cccnc12. The molecule has 0 saturated heterocycles. The molecular weight excluding hydrogens is 302 g/mol. The van der Waals surface area contributed by atoms with Crippen LogP contribution >= 0.6 is 15.9 Å². The molecule has 0 radical (unpaired) electrons. The van der Waals surface area contributed by atoms with Gasteiger partial charge in [-0.25, -0.2) is 0 Å². The van der Waals surface area contributed by atoms with Crippen molar-refractivity contribution in [2.75, 3.05) is 5.32 Å². The molecule has 0 aliphatic carbocycles. The van der Waals surface area contributed by atoms with Crippen molar-refractivity contribution in [2.24, 2.45) is 0 Å². The van der Waals surface area contributed by atoms with Crippen molar-refractivity contribution in [1.29, 1.82) is 0 Å². The normalized spacial score (nSPS) is 10.6. The maximum Gasteiger partial charge on any atom is 0.0751 e. The van der Waals surface area contributed by atoms with E-state index in [2.05, 4.69) is 55.5 Å². The first-order chi connectivity index (χ1) is 9.34. The number of fused-ring (bicyclic) bond motifs is 1. The van der Waals surface area contributed by atoms with Crippen LogP contribution in [0, 0.1) is 0 Å². The van der Waals surface area contributed by atoms with Gasteiger partial charge >= 0.3 is 0 Å². The Bertz CT molecular complexity index is 707. The third kappa shape index (κ3) is 2.58. The predicted molar refractivity (Wildman–Crippen MR) is 81.0 cm³/mol. The van der Waals surface area contributed by atoms with Crippen LogP contribution < -0.4 is 5.32 Å². The topological polar surface area (TPSA) is 37.8 Å². The van der Waals surface area contributed by atoms with Crippen molar-refractivity contribution >= 4 is 32.5 Å². The molecular formula is C15H12BrN3. The second-order valence-electron chi connectivity index (χ2n) is 4.20. The summed E-state index contributed by atoms with van der Waals surface area (Å²) in [7, 11) is 0. The van der Waals surface area contributed by atoms with Crippen LogP contribution in [0.1, 0.15) is 5.56 Å². The van der Waals surface area contributed by atoms with Crippen molar-refractivity contribution in [3.8, 4) is 0 Å². The molecule has 2 heterocycles. The number of nitrogens with one attached hydrogen (secondary N) is 1. The lowest BCUT2D eigenvalue weighted by Crippen LogP contribution is -2.01. The molecule has 3 nitrogen and oxygen atoms in total. The summed E-state index contributed by atoms with van der Waals surface area (Å²) in [5.41, 5.74) is 3.26. The minimum Gasteiger partial charge on any atom is -0.380 e. The Morgan fingerprint density at radius 1 is 1.05 bits per heavy atom. The summed E-state index contributed by atoms with van der Waals surface area (Å²) in [6, 6.07) is 12.2. The number of pyridine rings is 2. The van der Waals surface area contributed by atoms with Crippen molar-refractivity contribution in [3.05, 3.63) is 65.0 Å². The van der Waals surface area contributed by atoms with Crippen molar-refractivity contribution in [3.63, 3.8) is 0 Å². The number of halogens is 1. The average molecular weight is 314 g/mol. The summed E-state index contributed by atoms with van der Waals surface area (Å²) in [5.74, 6) is 0. The first kappa shape index (κ1) is 12.1. The molecule has 3 rings (SSSR count). The van der Waals surface area contributed by atoms with E-state index < -0.39 is 0 Å². The lowest BCUT2D eigenvalue weighted by molar-refractivity contribution is 1.14. The number of hydrogen-bond acceptors (Lipinski definition) is 3. The molecule has 0 unspecified atom stereocenters. The molecule has 3 aromatic rings. The van der Waals surface area contributed by atoms with E-state index in [0.717, 1.165) is 27.6 Å². The molecule has 0 aliphatic rings. The van der Waals surface area contributed by atoms with Crippen molar-refractivity contribution < 1.29 is 0 Å². The van der Waals surface area contributed by atoms with E-state index in [9.17, 15) is 0 Å². The van der Waals surface area contributed by atoms with E-state index in [1.165, 1.54) is 5.56 Å². The van der Waals surface area contributed by atoms with Gasteiger partial charge < -0.3 is 5.32 Å². The van der Waals surface area contributed by atoms with Gasteiger partial charge in [-0.1, -0.05) is 24.3 Å². The van der Waals surface area contributed by atoms with Gasteiger partial charge in [0.05, 0.1) is 15.7 Å². The fraction of sp³-hybridized carbons (Fsp3) is 0.0667. The molecule has 0 spiro atoms. The number of benzene rings is 1. The molecule has 1 aromatic carbocycles. The summed E-state index contributed by atoms with van der Waals surface area (Å²) >= 11 is 3.48. The summed E-state index contributed by atoms with van der Waals surface area (Å²) < 4.78 is 0.961. The molecule has 19 heavy (non-hydrogen) atoms. The van der Waals surface area contributed by atoms with Crippen LogP contribution in [0.25, 0.3) is 10.9 Å². The van der Waals surface area contributed by atoms with Gasteiger partial charge in [-0.05, 0) is 33.6 Å². The third-order valence-electron chi connectivity index (χ3n) is 2.96. The Kier molecular flexibility index (Phi) is 3.42. The standard InChI is InChI=1S/C15H12BrN3/c16-13-10-17-8-6-14(13)19-9-12-4-1-3-11-5-2-7-18-15(11)12/h1-8,10H,9H2,(H,17,19). The zero-order chi connectivity index (χ0) is 13.1. The lowest BCUT2D eigenvalue weighted by Gasteiger charge is -2.09. The molecule has 1 N–H and O–H groups in total. The molecule has 4 heteroatoms. The number of nitrogens with zero attached hydrogens (tertiary/aromatic N) is 2. The highest BCUT2D eigenvalue weighted by molar-refractivity contribution is 9.10.